The predicted molar refractivity (Wildman–Crippen MR) is 87.2 cm³/mol. The highest BCUT2D eigenvalue weighted by molar-refractivity contribution is 5.80. The first-order valence-electron chi connectivity index (χ1n) is 7.34. The van der Waals surface area contributed by atoms with Crippen molar-refractivity contribution in [3.05, 3.63) is 35.4 Å². The summed E-state index contributed by atoms with van der Waals surface area (Å²) >= 11 is 0. The van der Waals surface area contributed by atoms with Gasteiger partial charge < -0.3 is 10.6 Å². The molecule has 23 heavy (non-hydrogen) atoms. The minimum atomic E-state index is -4.36. The molecule has 0 saturated heterocycles. The highest BCUT2D eigenvalue weighted by Crippen LogP contribution is 2.29. The molecule has 1 aromatic rings. The Hall–Kier alpha value is -2.16. The van der Waals surface area contributed by atoms with Gasteiger partial charge in [-0.25, -0.2) is 4.99 Å². The van der Waals surface area contributed by atoms with E-state index in [1.165, 1.54) is 6.07 Å². The van der Waals surface area contributed by atoms with Crippen molar-refractivity contribution in [1.82, 2.24) is 10.6 Å². The summed E-state index contributed by atoms with van der Waals surface area (Å²) in [6.07, 6.45) is -4.36. The van der Waals surface area contributed by atoms with Crippen LogP contribution in [0.25, 0.3) is 0 Å². The first-order chi connectivity index (χ1) is 10.6. The molecule has 0 fully saturated rings. The van der Waals surface area contributed by atoms with E-state index in [9.17, 15) is 13.2 Å². The standard InChI is InChI=1S/C17H22F3N3/c1-5-21-15(23-16(2,3)4)22-11-7-9-13-8-6-10-14(12-13)17(18,19)20/h6,8,10,12H,5,11H2,1-4H3,(H2,21,22,23). The van der Waals surface area contributed by atoms with Crippen LogP contribution < -0.4 is 10.6 Å². The molecule has 0 radical (unpaired) electrons. The van der Waals surface area contributed by atoms with E-state index in [1.54, 1.807) is 6.07 Å². The number of alkyl halides is 3. The first-order valence-corrected chi connectivity index (χ1v) is 7.34. The van der Waals surface area contributed by atoms with Crippen LogP contribution in [0.2, 0.25) is 0 Å². The summed E-state index contributed by atoms with van der Waals surface area (Å²) < 4.78 is 37.9. The van der Waals surface area contributed by atoms with Crippen LogP contribution in [-0.4, -0.2) is 24.6 Å². The second kappa shape index (κ2) is 7.91. The smallest absolute Gasteiger partial charge is 0.357 e. The second-order valence-corrected chi connectivity index (χ2v) is 5.95. The number of halogens is 3. The largest absolute Gasteiger partial charge is 0.416 e. The van der Waals surface area contributed by atoms with E-state index >= 15 is 0 Å². The lowest BCUT2D eigenvalue weighted by Gasteiger charge is -2.23. The second-order valence-electron chi connectivity index (χ2n) is 5.95. The fourth-order valence-corrected chi connectivity index (χ4v) is 1.70. The average Bonchev–Trinajstić information content (AvgIpc) is 2.41. The van der Waals surface area contributed by atoms with Crippen molar-refractivity contribution in [3.63, 3.8) is 0 Å². The van der Waals surface area contributed by atoms with Gasteiger partial charge in [0, 0.05) is 17.6 Å². The van der Waals surface area contributed by atoms with Crippen molar-refractivity contribution in [2.24, 2.45) is 4.99 Å². The Morgan fingerprint density at radius 3 is 2.48 bits per heavy atom. The summed E-state index contributed by atoms with van der Waals surface area (Å²) in [6.45, 7) is 8.88. The minimum Gasteiger partial charge on any atom is -0.357 e. The lowest BCUT2D eigenvalue weighted by molar-refractivity contribution is -0.137. The van der Waals surface area contributed by atoms with E-state index in [0.717, 1.165) is 12.1 Å². The van der Waals surface area contributed by atoms with Crippen molar-refractivity contribution in [2.45, 2.75) is 39.4 Å². The van der Waals surface area contributed by atoms with Gasteiger partial charge in [0.15, 0.2) is 5.96 Å². The molecule has 0 unspecified atom stereocenters. The lowest BCUT2D eigenvalue weighted by Crippen LogP contribution is -2.47. The molecule has 0 aliphatic heterocycles. The quantitative estimate of drug-likeness (QED) is 0.497. The molecule has 1 rings (SSSR count). The molecule has 0 amide bonds. The molecule has 0 heterocycles. The third-order valence-corrected chi connectivity index (χ3v) is 2.58. The van der Waals surface area contributed by atoms with E-state index in [-0.39, 0.29) is 12.1 Å². The number of nitrogens with one attached hydrogen (secondary N) is 2. The van der Waals surface area contributed by atoms with Gasteiger partial charge >= 0.3 is 6.18 Å². The van der Waals surface area contributed by atoms with Crippen LogP contribution in [0.5, 0.6) is 0 Å². The number of aliphatic imine (C=N–C) groups is 1. The summed E-state index contributed by atoms with van der Waals surface area (Å²) in [5.41, 5.74) is -0.519. The topological polar surface area (TPSA) is 36.4 Å². The van der Waals surface area contributed by atoms with Crippen LogP contribution >= 0.6 is 0 Å². The molecule has 1 aromatic carbocycles. The summed E-state index contributed by atoms with van der Waals surface area (Å²) in [7, 11) is 0. The van der Waals surface area contributed by atoms with Crippen molar-refractivity contribution < 1.29 is 13.2 Å². The molecule has 0 saturated carbocycles. The Balaban J connectivity index is 2.78. The number of benzene rings is 1. The van der Waals surface area contributed by atoms with Crippen LogP contribution in [0, 0.1) is 11.8 Å². The first kappa shape index (κ1) is 18.9. The lowest BCUT2D eigenvalue weighted by atomic mass is 10.1. The normalized spacial score (nSPS) is 12.4. The summed E-state index contributed by atoms with van der Waals surface area (Å²) in [6, 6.07) is 4.96. The van der Waals surface area contributed by atoms with Gasteiger partial charge in [-0.1, -0.05) is 17.9 Å². The third-order valence-electron chi connectivity index (χ3n) is 2.58. The van der Waals surface area contributed by atoms with Crippen LogP contribution in [0.15, 0.2) is 29.3 Å². The van der Waals surface area contributed by atoms with Gasteiger partial charge in [-0.3, -0.25) is 0 Å². The van der Waals surface area contributed by atoms with Gasteiger partial charge in [0.1, 0.15) is 6.54 Å². The van der Waals surface area contributed by atoms with Crippen LogP contribution in [0.3, 0.4) is 0 Å². The molecular formula is C17H22F3N3. The minimum absolute atomic E-state index is 0.143. The SMILES string of the molecule is CCNC(=NCC#Cc1cccc(C(F)(F)F)c1)NC(C)(C)C. The van der Waals surface area contributed by atoms with Gasteiger partial charge in [0.2, 0.25) is 0 Å². The van der Waals surface area contributed by atoms with Crippen molar-refractivity contribution in [2.75, 3.05) is 13.1 Å². The van der Waals surface area contributed by atoms with Crippen molar-refractivity contribution in [1.29, 1.82) is 0 Å². The highest BCUT2D eigenvalue weighted by atomic mass is 19.4. The zero-order valence-electron chi connectivity index (χ0n) is 13.8. The summed E-state index contributed by atoms with van der Waals surface area (Å²) in [5.74, 6) is 6.10. The Bertz CT molecular complexity index is 602. The molecule has 0 aliphatic rings. The molecule has 2 N–H and O–H groups in total. The Morgan fingerprint density at radius 2 is 1.91 bits per heavy atom. The maximum atomic E-state index is 12.6. The Morgan fingerprint density at radius 1 is 1.22 bits per heavy atom. The highest BCUT2D eigenvalue weighted by Gasteiger charge is 2.30. The molecule has 6 heteroatoms. The number of nitrogens with zero attached hydrogens (tertiary/aromatic N) is 1. The van der Waals surface area contributed by atoms with E-state index in [1.807, 2.05) is 27.7 Å². The van der Waals surface area contributed by atoms with E-state index in [0.29, 0.717) is 18.1 Å². The number of rotatable bonds is 2. The van der Waals surface area contributed by atoms with Gasteiger partial charge in [0.05, 0.1) is 5.56 Å². The number of hydrogen-bond acceptors (Lipinski definition) is 1. The predicted octanol–water partition coefficient (Wildman–Crippen LogP) is 3.41. The average molecular weight is 325 g/mol. The molecule has 0 atom stereocenters. The Kier molecular flexibility index (Phi) is 6.49. The van der Waals surface area contributed by atoms with Gasteiger partial charge in [0.25, 0.3) is 0 Å². The fourth-order valence-electron chi connectivity index (χ4n) is 1.70. The summed E-state index contributed by atoms with van der Waals surface area (Å²) in [4.78, 5) is 4.28. The zero-order chi connectivity index (χ0) is 17.5. The molecule has 126 valence electrons. The fraction of sp³-hybridized carbons (Fsp3) is 0.471. The number of guanidine groups is 1. The maximum absolute atomic E-state index is 12.6. The van der Waals surface area contributed by atoms with E-state index in [2.05, 4.69) is 27.5 Å². The summed E-state index contributed by atoms with van der Waals surface area (Å²) in [5, 5.41) is 6.30. The molecule has 0 aromatic heterocycles. The van der Waals surface area contributed by atoms with Gasteiger partial charge in [-0.15, -0.1) is 0 Å². The van der Waals surface area contributed by atoms with Crippen LogP contribution in [0.4, 0.5) is 13.2 Å². The maximum Gasteiger partial charge on any atom is 0.416 e. The molecule has 3 nitrogen and oxygen atoms in total. The van der Waals surface area contributed by atoms with Crippen LogP contribution in [0.1, 0.15) is 38.8 Å². The van der Waals surface area contributed by atoms with Gasteiger partial charge in [-0.2, -0.15) is 13.2 Å². The van der Waals surface area contributed by atoms with Crippen molar-refractivity contribution in [3.8, 4) is 11.8 Å². The van der Waals surface area contributed by atoms with Crippen LogP contribution in [-0.2, 0) is 6.18 Å². The molecular weight excluding hydrogens is 303 g/mol. The van der Waals surface area contributed by atoms with Gasteiger partial charge in [-0.05, 0) is 45.9 Å². The monoisotopic (exact) mass is 325 g/mol. The zero-order valence-corrected chi connectivity index (χ0v) is 13.8. The van der Waals surface area contributed by atoms with E-state index in [4.69, 9.17) is 0 Å². The van der Waals surface area contributed by atoms with E-state index < -0.39 is 11.7 Å². The third kappa shape index (κ3) is 7.59. The van der Waals surface area contributed by atoms with Crippen molar-refractivity contribution >= 4 is 5.96 Å². The molecule has 0 spiro atoms. The number of hydrogen-bond donors (Lipinski definition) is 2. The molecule has 0 bridgehead atoms. The Labute approximate surface area is 135 Å². The molecule has 0 aliphatic carbocycles.